The van der Waals surface area contributed by atoms with Crippen molar-refractivity contribution >= 4 is 17.7 Å². The third-order valence-corrected chi connectivity index (χ3v) is 5.30. The van der Waals surface area contributed by atoms with Gasteiger partial charge in [-0.25, -0.2) is 0 Å². The van der Waals surface area contributed by atoms with E-state index >= 15 is 0 Å². The number of aryl methyl sites for hydroxylation is 1. The molecular formula is C17H20N4O3S. The van der Waals surface area contributed by atoms with Gasteiger partial charge in [-0.15, -0.1) is 10.2 Å². The first-order valence-electron chi connectivity index (χ1n) is 8.35. The monoisotopic (exact) mass is 360 g/mol. The van der Waals surface area contributed by atoms with Crippen LogP contribution in [0.2, 0.25) is 0 Å². The molecule has 0 unspecified atom stereocenters. The second-order valence-electron chi connectivity index (χ2n) is 6.32. The Bertz CT molecular complexity index is 803. The van der Waals surface area contributed by atoms with Gasteiger partial charge < -0.3 is 19.4 Å². The van der Waals surface area contributed by atoms with Crippen LogP contribution in [0.15, 0.2) is 23.4 Å². The summed E-state index contributed by atoms with van der Waals surface area (Å²) in [6, 6.07) is 6.13. The third-order valence-electron chi connectivity index (χ3n) is 4.35. The van der Waals surface area contributed by atoms with Crippen molar-refractivity contribution in [2.75, 3.05) is 12.5 Å². The Morgan fingerprint density at radius 2 is 2.16 bits per heavy atom. The van der Waals surface area contributed by atoms with Gasteiger partial charge in [-0.3, -0.25) is 4.79 Å². The summed E-state index contributed by atoms with van der Waals surface area (Å²) in [6.07, 6.45) is 2.33. The first-order chi connectivity index (χ1) is 12.1. The lowest BCUT2D eigenvalue weighted by atomic mass is 10.1. The van der Waals surface area contributed by atoms with E-state index in [2.05, 4.69) is 20.1 Å². The van der Waals surface area contributed by atoms with Crippen molar-refractivity contribution in [2.24, 2.45) is 0 Å². The van der Waals surface area contributed by atoms with Crippen LogP contribution in [-0.2, 0) is 4.79 Å². The molecule has 1 aromatic heterocycles. The number of carbonyl (C=O) groups excluding carboxylic acids is 1. The molecule has 7 nitrogen and oxygen atoms in total. The topological polar surface area (TPSA) is 78.3 Å². The van der Waals surface area contributed by atoms with E-state index in [0.29, 0.717) is 11.8 Å². The first kappa shape index (κ1) is 16.3. The summed E-state index contributed by atoms with van der Waals surface area (Å²) in [5.74, 6) is 2.67. The van der Waals surface area contributed by atoms with Crippen LogP contribution in [-0.4, -0.2) is 33.2 Å². The molecule has 2 heterocycles. The van der Waals surface area contributed by atoms with Crippen molar-refractivity contribution < 1.29 is 14.3 Å². The number of benzene rings is 1. The van der Waals surface area contributed by atoms with Crippen LogP contribution in [0.25, 0.3) is 0 Å². The normalized spacial score (nSPS) is 16.7. The Labute approximate surface area is 150 Å². The molecule has 1 aliphatic heterocycles. The highest BCUT2D eigenvalue weighted by Gasteiger charge is 2.28. The number of ether oxygens (including phenoxy) is 2. The number of rotatable bonds is 6. The predicted molar refractivity (Wildman–Crippen MR) is 92.9 cm³/mol. The van der Waals surface area contributed by atoms with Gasteiger partial charge in [0.15, 0.2) is 16.7 Å². The fourth-order valence-electron chi connectivity index (χ4n) is 2.88. The molecule has 4 rings (SSSR count). The first-order valence-corrected chi connectivity index (χ1v) is 9.33. The molecule has 2 aliphatic rings. The zero-order valence-corrected chi connectivity index (χ0v) is 15.0. The number of nitrogens with zero attached hydrogens (tertiary/aromatic N) is 3. The van der Waals surface area contributed by atoms with E-state index in [4.69, 9.17) is 9.47 Å². The Morgan fingerprint density at radius 1 is 1.36 bits per heavy atom. The molecule has 1 saturated carbocycles. The molecule has 25 heavy (non-hydrogen) atoms. The lowest BCUT2D eigenvalue weighted by Crippen LogP contribution is -2.28. The van der Waals surface area contributed by atoms with Crippen molar-refractivity contribution in [3.8, 4) is 11.5 Å². The fourth-order valence-corrected chi connectivity index (χ4v) is 3.74. The van der Waals surface area contributed by atoms with Crippen molar-refractivity contribution in [2.45, 2.75) is 43.9 Å². The Balaban J connectivity index is 1.34. The Hall–Kier alpha value is -2.22. The molecule has 1 aromatic carbocycles. The van der Waals surface area contributed by atoms with E-state index in [-0.39, 0.29) is 18.7 Å². The number of amides is 1. The quantitative estimate of drug-likeness (QED) is 0.798. The molecule has 1 fully saturated rings. The van der Waals surface area contributed by atoms with Gasteiger partial charge in [0.25, 0.3) is 0 Å². The molecule has 0 saturated heterocycles. The minimum absolute atomic E-state index is 0.0295. The summed E-state index contributed by atoms with van der Waals surface area (Å²) in [7, 11) is 0. The summed E-state index contributed by atoms with van der Waals surface area (Å²) >= 11 is 1.43. The average Bonchev–Trinajstić information content (AvgIpc) is 3.19. The number of hydrogen-bond acceptors (Lipinski definition) is 6. The summed E-state index contributed by atoms with van der Waals surface area (Å²) in [6.45, 7) is 4.16. The largest absolute Gasteiger partial charge is 0.454 e. The van der Waals surface area contributed by atoms with E-state index < -0.39 is 0 Å². The fraction of sp³-hybridized carbons (Fsp3) is 0.471. The molecule has 8 heteroatoms. The molecule has 0 bridgehead atoms. The van der Waals surface area contributed by atoms with Crippen LogP contribution in [0.3, 0.4) is 0 Å². The molecule has 1 amide bonds. The average molecular weight is 360 g/mol. The molecular weight excluding hydrogens is 340 g/mol. The summed E-state index contributed by atoms with van der Waals surface area (Å²) in [4.78, 5) is 12.3. The van der Waals surface area contributed by atoms with Gasteiger partial charge in [0, 0.05) is 6.04 Å². The lowest BCUT2D eigenvalue weighted by molar-refractivity contribution is -0.119. The van der Waals surface area contributed by atoms with Crippen molar-refractivity contribution in [1.29, 1.82) is 0 Å². The van der Waals surface area contributed by atoms with E-state index in [1.54, 1.807) is 0 Å². The SMILES string of the molecule is Cc1nnc(SCC(=O)N[C@@H](C)c2ccc3c(c2)OCO3)n1C1CC1. The molecule has 0 radical (unpaired) electrons. The number of hydrogen-bond donors (Lipinski definition) is 1. The van der Waals surface area contributed by atoms with Crippen LogP contribution in [0.1, 0.15) is 43.2 Å². The van der Waals surface area contributed by atoms with Crippen LogP contribution in [0, 0.1) is 6.92 Å². The summed E-state index contributed by atoms with van der Waals surface area (Å²) in [5, 5.41) is 12.2. The van der Waals surface area contributed by atoms with Gasteiger partial charge in [0.05, 0.1) is 11.8 Å². The van der Waals surface area contributed by atoms with E-state index in [9.17, 15) is 4.79 Å². The molecule has 1 aliphatic carbocycles. The van der Waals surface area contributed by atoms with Crippen molar-refractivity contribution in [3.63, 3.8) is 0 Å². The van der Waals surface area contributed by atoms with Crippen LogP contribution in [0.4, 0.5) is 0 Å². The number of fused-ring (bicyclic) bond motifs is 1. The van der Waals surface area contributed by atoms with Crippen LogP contribution < -0.4 is 14.8 Å². The highest BCUT2D eigenvalue weighted by molar-refractivity contribution is 7.99. The highest BCUT2D eigenvalue weighted by atomic mass is 32.2. The number of thioether (sulfide) groups is 1. The van der Waals surface area contributed by atoms with Crippen molar-refractivity contribution in [1.82, 2.24) is 20.1 Å². The van der Waals surface area contributed by atoms with Gasteiger partial charge in [-0.05, 0) is 44.4 Å². The lowest BCUT2D eigenvalue weighted by Gasteiger charge is -2.15. The number of carbonyl (C=O) groups is 1. The maximum absolute atomic E-state index is 12.3. The van der Waals surface area contributed by atoms with Crippen LogP contribution >= 0.6 is 11.8 Å². The van der Waals surface area contributed by atoms with E-state index in [1.807, 2.05) is 32.0 Å². The second kappa shape index (κ2) is 6.59. The van der Waals surface area contributed by atoms with Gasteiger partial charge >= 0.3 is 0 Å². The standard InChI is InChI=1S/C17H20N4O3S/c1-10(12-3-6-14-15(7-12)24-9-23-14)18-16(22)8-25-17-20-19-11(2)21(17)13-4-5-13/h3,6-7,10,13H,4-5,8-9H2,1-2H3,(H,18,22)/t10-/m0/s1. The number of aromatic nitrogens is 3. The van der Waals surface area contributed by atoms with Crippen LogP contribution in [0.5, 0.6) is 11.5 Å². The van der Waals surface area contributed by atoms with E-state index in [1.165, 1.54) is 24.6 Å². The van der Waals surface area contributed by atoms with Gasteiger partial charge in [0.1, 0.15) is 5.82 Å². The summed E-state index contributed by atoms with van der Waals surface area (Å²) in [5.41, 5.74) is 0.986. The Kier molecular flexibility index (Phi) is 4.29. The minimum Gasteiger partial charge on any atom is -0.454 e. The van der Waals surface area contributed by atoms with Gasteiger partial charge in [-0.1, -0.05) is 17.8 Å². The van der Waals surface area contributed by atoms with E-state index in [0.717, 1.165) is 28.0 Å². The maximum atomic E-state index is 12.3. The maximum Gasteiger partial charge on any atom is 0.231 e. The van der Waals surface area contributed by atoms with Gasteiger partial charge in [0.2, 0.25) is 12.7 Å². The highest BCUT2D eigenvalue weighted by Crippen LogP contribution is 2.38. The zero-order valence-electron chi connectivity index (χ0n) is 14.2. The number of nitrogens with one attached hydrogen (secondary N) is 1. The van der Waals surface area contributed by atoms with Gasteiger partial charge in [-0.2, -0.15) is 0 Å². The molecule has 0 spiro atoms. The predicted octanol–water partition coefficient (Wildman–Crippen LogP) is 2.62. The molecule has 2 aromatic rings. The third kappa shape index (κ3) is 3.44. The minimum atomic E-state index is -0.106. The summed E-state index contributed by atoms with van der Waals surface area (Å²) < 4.78 is 12.8. The second-order valence-corrected chi connectivity index (χ2v) is 7.26. The molecule has 1 N–H and O–H groups in total. The smallest absolute Gasteiger partial charge is 0.231 e. The van der Waals surface area contributed by atoms with Crippen molar-refractivity contribution in [3.05, 3.63) is 29.6 Å². The zero-order chi connectivity index (χ0) is 17.4. The molecule has 1 atom stereocenters. The molecule has 132 valence electrons. The Morgan fingerprint density at radius 3 is 2.96 bits per heavy atom.